The smallest absolute Gasteiger partial charge is 0.182 e. The van der Waals surface area contributed by atoms with Gasteiger partial charge >= 0.3 is 0 Å². The van der Waals surface area contributed by atoms with Crippen LogP contribution in [0.15, 0.2) is 47.2 Å². The van der Waals surface area contributed by atoms with Gasteiger partial charge in [-0.2, -0.15) is 0 Å². The van der Waals surface area contributed by atoms with E-state index >= 15 is 0 Å². The zero-order valence-corrected chi connectivity index (χ0v) is 12.3. The molecule has 0 saturated carbocycles. The van der Waals surface area contributed by atoms with Crippen LogP contribution in [0.4, 0.5) is 18.9 Å². The third-order valence-electron chi connectivity index (χ3n) is 2.95. The van der Waals surface area contributed by atoms with Crippen LogP contribution in [-0.4, -0.2) is 0 Å². The van der Waals surface area contributed by atoms with E-state index in [4.69, 9.17) is 0 Å². The van der Waals surface area contributed by atoms with Crippen LogP contribution >= 0.6 is 22.7 Å². The van der Waals surface area contributed by atoms with Crippen LogP contribution in [0.1, 0.15) is 15.8 Å². The van der Waals surface area contributed by atoms with Gasteiger partial charge < -0.3 is 5.32 Å². The summed E-state index contributed by atoms with van der Waals surface area (Å²) in [5.41, 5.74) is -0.181. The van der Waals surface area contributed by atoms with Crippen molar-refractivity contribution in [3.8, 4) is 0 Å². The number of nitrogens with one attached hydrogen (secondary N) is 1. The zero-order chi connectivity index (χ0) is 14.8. The first kappa shape index (κ1) is 14.2. The van der Waals surface area contributed by atoms with Gasteiger partial charge in [0, 0.05) is 21.9 Å². The van der Waals surface area contributed by atoms with Gasteiger partial charge in [-0.3, -0.25) is 0 Å². The summed E-state index contributed by atoms with van der Waals surface area (Å²) in [5.74, 6) is -3.09. The van der Waals surface area contributed by atoms with Crippen LogP contribution in [0, 0.1) is 17.5 Å². The number of hydrogen-bond acceptors (Lipinski definition) is 3. The molecule has 0 atom stereocenters. The maximum Gasteiger partial charge on any atom is 0.182 e. The standard InChI is InChI=1S/C15H10F3NS2/c16-9-7-10(17)14(18)11(8-9)19-15(12-3-1-5-20-12)13-4-2-6-21-13/h1-8,15,19H. The van der Waals surface area contributed by atoms with Gasteiger partial charge in [-0.1, -0.05) is 12.1 Å². The van der Waals surface area contributed by atoms with Crippen molar-refractivity contribution in [3.05, 3.63) is 74.4 Å². The molecular weight excluding hydrogens is 315 g/mol. The van der Waals surface area contributed by atoms with E-state index in [9.17, 15) is 13.2 Å². The van der Waals surface area contributed by atoms with Crippen LogP contribution < -0.4 is 5.32 Å². The summed E-state index contributed by atoms with van der Waals surface area (Å²) in [4.78, 5) is 1.89. The molecule has 1 nitrogen and oxygen atoms in total. The zero-order valence-electron chi connectivity index (χ0n) is 10.6. The molecule has 21 heavy (non-hydrogen) atoms. The van der Waals surface area contributed by atoms with Gasteiger partial charge in [-0.05, 0) is 22.9 Å². The lowest BCUT2D eigenvalue weighted by Gasteiger charge is -2.18. The molecule has 3 aromatic rings. The molecule has 0 spiro atoms. The van der Waals surface area contributed by atoms with Gasteiger partial charge in [-0.25, -0.2) is 13.2 Å². The highest BCUT2D eigenvalue weighted by molar-refractivity contribution is 7.11. The highest BCUT2D eigenvalue weighted by Gasteiger charge is 2.19. The fraction of sp³-hybridized carbons (Fsp3) is 0.0667. The summed E-state index contributed by atoms with van der Waals surface area (Å²) in [6.45, 7) is 0. The van der Waals surface area contributed by atoms with E-state index in [0.717, 1.165) is 15.8 Å². The molecule has 1 N–H and O–H groups in total. The minimum Gasteiger partial charge on any atom is -0.370 e. The molecule has 6 heteroatoms. The molecule has 0 radical (unpaired) electrons. The van der Waals surface area contributed by atoms with Crippen molar-refractivity contribution in [3.63, 3.8) is 0 Å². The van der Waals surface area contributed by atoms with E-state index in [1.165, 1.54) is 22.7 Å². The van der Waals surface area contributed by atoms with Crippen molar-refractivity contribution < 1.29 is 13.2 Å². The first-order valence-corrected chi connectivity index (χ1v) is 7.89. The number of halogens is 3. The number of rotatable bonds is 4. The third kappa shape index (κ3) is 2.96. The molecule has 0 saturated heterocycles. The number of anilines is 1. The summed E-state index contributed by atoms with van der Waals surface area (Å²) in [6.07, 6.45) is 0. The fourth-order valence-corrected chi connectivity index (χ4v) is 3.67. The Hall–Kier alpha value is -1.79. The van der Waals surface area contributed by atoms with Crippen LogP contribution in [0.5, 0.6) is 0 Å². The lowest BCUT2D eigenvalue weighted by molar-refractivity contribution is 0.497. The Morgan fingerprint density at radius 2 is 1.52 bits per heavy atom. The van der Waals surface area contributed by atoms with Crippen molar-refractivity contribution in [1.29, 1.82) is 0 Å². The Morgan fingerprint density at radius 3 is 2.05 bits per heavy atom. The van der Waals surface area contributed by atoms with Crippen LogP contribution in [0.2, 0.25) is 0 Å². The average Bonchev–Trinajstić information content (AvgIpc) is 3.13. The van der Waals surface area contributed by atoms with E-state index in [0.29, 0.717) is 6.07 Å². The van der Waals surface area contributed by atoms with Gasteiger partial charge in [0.1, 0.15) is 5.82 Å². The highest BCUT2D eigenvalue weighted by Crippen LogP contribution is 2.33. The molecule has 3 rings (SSSR count). The highest BCUT2D eigenvalue weighted by atomic mass is 32.1. The molecule has 0 amide bonds. The maximum atomic E-state index is 13.8. The second-order valence-electron chi connectivity index (χ2n) is 4.36. The molecule has 0 aliphatic heterocycles. The topological polar surface area (TPSA) is 12.0 Å². The number of hydrogen-bond donors (Lipinski definition) is 1. The Labute approximate surface area is 127 Å². The summed E-state index contributed by atoms with van der Waals surface area (Å²) >= 11 is 2.99. The van der Waals surface area contributed by atoms with Gasteiger partial charge in [0.2, 0.25) is 0 Å². The van der Waals surface area contributed by atoms with E-state index in [2.05, 4.69) is 5.32 Å². The molecule has 0 aliphatic carbocycles. The van der Waals surface area contributed by atoms with Gasteiger partial charge in [0.15, 0.2) is 11.6 Å². The SMILES string of the molecule is Fc1cc(F)c(F)c(NC(c2cccs2)c2cccs2)c1. The fourth-order valence-electron chi connectivity index (χ4n) is 2.01. The quantitative estimate of drug-likeness (QED) is 0.631. The first-order valence-electron chi connectivity index (χ1n) is 6.13. The Kier molecular flexibility index (Phi) is 3.98. The predicted octanol–water partition coefficient (Wildman–Crippen LogP) is 5.43. The lowest BCUT2D eigenvalue weighted by atomic mass is 10.1. The monoisotopic (exact) mass is 325 g/mol. The van der Waals surface area contributed by atoms with E-state index in [-0.39, 0.29) is 11.7 Å². The minimum absolute atomic E-state index is 0.181. The Bertz CT molecular complexity index is 689. The van der Waals surface area contributed by atoms with Gasteiger partial charge in [0.25, 0.3) is 0 Å². The van der Waals surface area contributed by atoms with E-state index < -0.39 is 17.5 Å². The Morgan fingerprint density at radius 1 is 0.905 bits per heavy atom. The second-order valence-corrected chi connectivity index (χ2v) is 6.32. The summed E-state index contributed by atoms with van der Waals surface area (Å²) < 4.78 is 40.5. The second kappa shape index (κ2) is 5.91. The van der Waals surface area contributed by atoms with E-state index in [1.807, 2.05) is 35.0 Å². The molecule has 0 fully saturated rings. The van der Waals surface area contributed by atoms with Gasteiger partial charge in [0.05, 0.1) is 11.7 Å². The number of benzene rings is 1. The van der Waals surface area contributed by atoms with Crippen LogP contribution in [-0.2, 0) is 0 Å². The molecule has 2 heterocycles. The molecule has 0 bridgehead atoms. The molecule has 0 aliphatic rings. The molecule has 0 unspecified atom stereocenters. The number of thiophene rings is 2. The average molecular weight is 325 g/mol. The van der Waals surface area contributed by atoms with E-state index in [1.54, 1.807) is 0 Å². The summed E-state index contributed by atoms with van der Waals surface area (Å²) in [7, 11) is 0. The molecular formula is C15H10F3NS2. The normalized spacial score (nSPS) is 11.0. The molecule has 1 aromatic carbocycles. The summed E-state index contributed by atoms with van der Waals surface area (Å²) in [5, 5.41) is 6.71. The van der Waals surface area contributed by atoms with Crippen molar-refractivity contribution in [2.24, 2.45) is 0 Å². The van der Waals surface area contributed by atoms with Gasteiger partial charge in [-0.15, -0.1) is 22.7 Å². The van der Waals surface area contributed by atoms with Crippen molar-refractivity contribution in [2.45, 2.75) is 6.04 Å². The minimum atomic E-state index is -1.20. The predicted molar refractivity (Wildman–Crippen MR) is 80.4 cm³/mol. The van der Waals surface area contributed by atoms with Crippen molar-refractivity contribution in [2.75, 3.05) is 5.32 Å². The first-order chi connectivity index (χ1) is 10.1. The van der Waals surface area contributed by atoms with Crippen LogP contribution in [0.3, 0.4) is 0 Å². The Balaban J connectivity index is 2.00. The van der Waals surface area contributed by atoms with Crippen molar-refractivity contribution in [1.82, 2.24) is 0 Å². The largest absolute Gasteiger partial charge is 0.370 e. The lowest BCUT2D eigenvalue weighted by Crippen LogP contribution is -2.11. The van der Waals surface area contributed by atoms with Crippen LogP contribution in [0.25, 0.3) is 0 Å². The van der Waals surface area contributed by atoms with Crippen molar-refractivity contribution >= 4 is 28.4 Å². The molecule has 2 aromatic heterocycles. The third-order valence-corrected chi connectivity index (χ3v) is 4.82. The molecule has 108 valence electrons. The summed E-state index contributed by atoms with van der Waals surface area (Å²) in [6, 6.07) is 8.72. The maximum absolute atomic E-state index is 13.8.